The van der Waals surface area contributed by atoms with Crippen molar-refractivity contribution >= 4 is 46.3 Å². The van der Waals surface area contributed by atoms with Crippen LogP contribution < -0.4 is 4.74 Å². The van der Waals surface area contributed by atoms with Gasteiger partial charge in [-0.15, -0.1) is 0 Å². The number of rotatable bonds is 6. The molecule has 1 N–H and O–H groups in total. The highest BCUT2D eigenvalue weighted by atomic mass is 32.2. The minimum atomic E-state index is -1.01. The topological polar surface area (TPSA) is 80.0 Å². The van der Waals surface area contributed by atoms with Gasteiger partial charge in [0, 0.05) is 11.6 Å². The Hall–Kier alpha value is -3.36. The van der Waals surface area contributed by atoms with E-state index in [1.54, 1.807) is 48.4 Å². The van der Waals surface area contributed by atoms with Gasteiger partial charge in [-0.1, -0.05) is 48.2 Å². The number of carbonyl (C=O) groups excluding carboxylic acids is 1. The molecule has 3 aromatic rings. The number of thiocarbonyl (C=S) groups is 1. The van der Waals surface area contributed by atoms with E-state index < -0.39 is 5.97 Å². The number of carbonyl (C=O) groups is 2. The second kappa shape index (κ2) is 8.79. The van der Waals surface area contributed by atoms with Crippen molar-refractivity contribution in [3.63, 3.8) is 0 Å². The van der Waals surface area contributed by atoms with Gasteiger partial charge in [-0.05, 0) is 42.0 Å². The van der Waals surface area contributed by atoms with Crippen molar-refractivity contribution in [3.8, 4) is 17.1 Å². The molecule has 8 heteroatoms. The van der Waals surface area contributed by atoms with Gasteiger partial charge >= 0.3 is 5.97 Å². The fourth-order valence-corrected chi connectivity index (χ4v) is 4.31. The van der Waals surface area contributed by atoms with Crippen LogP contribution in [0.15, 0.2) is 70.0 Å². The summed E-state index contributed by atoms with van der Waals surface area (Å²) in [4.78, 5) is 26.1. The van der Waals surface area contributed by atoms with Gasteiger partial charge in [0.25, 0.3) is 5.91 Å². The Balaban J connectivity index is 1.52. The molecule has 0 atom stereocenters. The number of aromatic carboxylic acids is 1. The highest BCUT2D eigenvalue weighted by Gasteiger charge is 2.32. The molecule has 0 bridgehead atoms. The lowest BCUT2D eigenvalue weighted by Gasteiger charge is -2.14. The maximum absolute atomic E-state index is 12.9. The minimum absolute atomic E-state index is 0.176. The molecule has 1 amide bonds. The van der Waals surface area contributed by atoms with Crippen molar-refractivity contribution in [2.24, 2.45) is 0 Å². The van der Waals surface area contributed by atoms with E-state index in [4.69, 9.17) is 26.5 Å². The molecular weight excluding hydrogens is 434 g/mol. The fourth-order valence-electron chi connectivity index (χ4n) is 3.07. The van der Waals surface area contributed by atoms with E-state index in [9.17, 15) is 9.59 Å². The molecule has 156 valence electrons. The number of benzene rings is 2. The summed E-state index contributed by atoms with van der Waals surface area (Å²) in [5, 5.41) is 9.16. The van der Waals surface area contributed by atoms with E-state index in [0.717, 1.165) is 11.3 Å². The molecule has 1 aliphatic rings. The van der Waals surface area contributed by atoms with Gasteiger partial charge in [0.05, 0.1) is 24.1 Å². The minimum Gasteiger partial charge on any atom is -0.497 e. The van der Waals surface area contributed by atoms with Crippen LogP contribution in [0.3, 0.4) is 0 Å². The molecule has 31 heavy (non-hydrogen) atoms. The van der Waals surface area contributed by atoms with Gasteiger partial charge in [0.15, 0.2) is 0 Å². The van der Waals surface area contributed by atoms with Gasteiger partial charge in [-0.25, -0.2) is 4.79 Å². The average molecular weight is 452 g/mol. The van der Waals surface area contributed by atoms with E-state index >= 15 is 0 Å². The maximum Gasteiger partial charge on any atom is 0.335 e. The van der Waals surface area contributed by atoms with E-state index in [0.29, 0.717) is 32.9 Å². The third-order valence-corrected chi connectivity index (χ3v) is 6.05. The molecule has 2 heterocycles. The Labute approximate surface area is 188 Å². The van der Waals surface area contributed by atoms with Crippen LogP contribution in [0.5, 0.6) is 5.75 Å². The number of furan rings is 1. The van der Waals surface area contributed by atoms with Gasteiger partial charge in [0.2, 0.25) is 0 Å². The van der Waals surface area contributed by atoms with Crippen molar-refractivity contribution in [1.29, 1.82) is 0 Å². The molecule has 0 aliphatic carbocycles. The predicted molar refractivity (Wildman–Crippen MR) is 123 cm³/mol. The number of carboxylic acid groups (broad SMARTS) is 1. The lowest BCUT2D eigenvalue weighted by Crippen LogP contribution is -2.27. The van der Waals surface area contributed by atoms with Crippen molar-refractivity contribution in [2.45, 2.75) is 6.54 Å². The SMILES string of the molecule is COc1ccc(CN2C(=O)/C(=C\c3ccc(-c4cccc(C(=O)O)c4)o3)SC2=S)cc1. The first-order chi connectivity index (χ1) is 14.9. The summed E-state index contributed by atoms with van der Waals surface area (Å²) in [7, 11) is 1.60. The molecule has 0 radical (unpaired) electrons. The summed E-state index contributed by atoms with van der Waals surface area (Å²) in [6, 6.07) is 17.4. The Morgan fingerprint density at radius 2 is 1.97 bits per heavy atom. The summed E-state index contributed by atoms with van der Waals surface area (Å²) in [5.41, 5.74) is 1.76. The van der Waals surface area contributed by atoms with Crippen LogP contribution in [-0.2, 0) is 11.3 Å². The van der Waals surface area contributed by atoms with Crippen LogP contribution in [0.4, 0.5) is 0 Å². The lowest BCUT2D eigenvalue weighted by molar-refractivity contribution is -0.122. The monoisotopic (exact) mass is 451 g/mol. The summed E-state index contributed by atoms with van der Waals surface area (Å²) in [5.74, 6) is 0.561. The molecule has 2 aromatic carbocycles. The number of hydrogen-bond donors (Lipinski definition) is 1. The standard InChI is InChI=1S/C23H17NO5S2/c1-28-17-7-5-14(6-8-17)13-24-21(25)20(31-23(24)30)12-18-9-10-19(29-18)15-3-2-4-16(11-15)22(26)27/h2-12H,13H2,1H3,(H,26,27)/b20-12+. The lowest BCUT2D eigenvalue weighted by atomic mass is 10.1. The molecule has 1 saturated heterocycles. The van der Waals surface area contributed by atoms with Gasteiger partial charge in [0.1, 0.15) is 21.6 Å². The predicted octanol–water partition coefficient (Wildman–Crippen LogP) is 5.05. The zero-order chi connectivity index (χ0) is 22.0. The van der Waals surface area contributed by atoms with Crippen LogP contribution >= 0.6 is 24.0 Å². The number of amides is 1. The van der Waals surface area contributed by atoms with E-state index in [2.05, 4.69) is 0 Å². The Morgan fingerprint density at radius 3 is 2.68 bits per heavy atom. The quantitative estimate of drug-likeness (QED) is 0.415. The number of carboxylic acids is 1. The number of ether oxygens (including phenoxy) is 1. The van der Waals surface area contributed by atoms with Crippen molar-refractivity contribution in [2.75, 3.05) is 7.11 Å². The van der Waals surface area contributed by atoms with Gasteiger partial charge in [-0.2, -0.15) is 0 Å². The number of nitrogens with zero attached hydrogens (tertiary/aromatic N) is 1. The number of thioether (sulfide) groups is 1. The van der Waals surface area contributed by atoms with Crippen LogP contribution in [0.25, 0.3) is 17.4 Å². The van der Waals surface area contributed by atoms with Crippen molar-refractivity contribution in [3.05, 3.63) is 82.5 Å². The first-order valence-electron chi connectivity index (χ1n) is 9.26. The summed E-state index contributed by atoms with van der Waals surface area (Å²) in [6.45, 7) is 0.372. The van der Waals surface area contributed by atoms with E-state index in [1.165, 1.54) is 17.8 Å². The van der Waals surface area contributed by atoms with Crippen LogP contribution in [0, 0.1) is 0 Å². The summed E-state index contributed by atoms with van der Waals surface area (Å²) >= 11 is 6.62. The molecule has 4 rings (SSSR count). The maximum atomic E-state index is 12.9. The van der Waals surface area contributed by atoms with Gasteiger partial charge < -0.3 is 14.3 Å². The van der Waals surface area contributed by atoms with E-state index in [-0.39, 0.29) is 11.5 Å². The third kappa shape index (κ3) is 4.55. The smallest absolute Gasteiger partial charge is 0.335 e. The second-order valence-corrected chi connectivity index (χ2v) is 8.38. The first-order valence-corrected chi connectivity index (χ1v) is 10.5. The largest absolute Gasteiger partial charge is 0.497 e. The van der Waals surface area contributed by atoms with Crippen LogP contribution in [-0.4, -0.2) is 33.3 Å². The Kier molecular flexibility index (Phi) is 5.92. The highest BCUT2D eigenvalue weighted by Crippen LogP contribution is 2.34. The summed E-state index contributed by atoms with van der Waals surface area (Å²) < 4.78 is 11.5. The van der Waals surface area contributed by atoms with Crippen molar-refractivity contribution < 1.29 is 23.8 Å². The second-order valence-electron chi connectivity index (χ2n) is 6.70. The zero-order valence-electron chi connectivity index (χ0n) is 16.4. The number of methoxy groups -OCH3 is 1. The van der Waals surface area contributed by atoms with Crippen molar-refractivity contribution in [1.82, 2.24) is 4.90 Å². The average Bonchev–Trinajstić information content (AvgIpc) is 3.35. The fraction of sp³-hybridized carbons (Fsp3) is 0.0870. The van der Waals surface area contributed by atoms with E-state index in [1.807, 2.05) is 24.3 Å². The van der Waals surface area contributed by atoms with Crippen LogP contribution in [0.2, 0.25) is 0 Å². The highest BCUT2D eigenvalue weighted by molar-refractivity contribution is 8.26. The molecule has 0 unspecified atom stereocenters. The van der Waals surface area contributed by atoms with Crippen LogP contribution in [0.1, 0.15) is 21.7 Å². The first kappa shape index (κ1) is 20.9. The molecule has 1 aromatic heterocycles. The Bertz CT molecular complexity index is 1200. The molecule has 0 spiro atoms. The molecular formula is C23H17NO5S2. The molecule has 1 fully saturated rings. The Morgan fingerprint density at radius 1 is 1.19 bits per heavy atom. The summed E-state index contributed by atoms with van der Waals surface area (Å²) in [6.07, 6.45) is 1.65. The molecule has 1 aliphatic heterocycles. The zero-order valence-corrected chi connectivity index (χ0v) is 18.0. The molecule has 0 saturated carbocycles. The molecule has 6 nitrogen and oxygen atoms in total. The number of hydrogen-bond acceptors (Lipinski definition) is 6. The normalized spacial score (nSPS) is 15.0. The third-order valence-electron chi connectivity index (χ3n) is 4.67. The van der Waals surface area contributed by atoms with Gasteiger partial charge in [-0.3, -0.25) is 9.69 Å².